The summed E-state index contributed by atoms with van der Waals surface area (Å²) in [5.74, 6) is 2.80. The van der Waals surface area contributed by atoms with Crippen LogP contribution in [0.5, 0.6) is 0 Å². The number of nitrogens with one attached hydrogen (secondary N) is 1. The van der Waals surface area contributed by atoms with Gasteiger partial charge in [0.25, 0.3) is 0 Å². The first-order chi connectivity index (χ1) is 8.52. The Balaban J connectivity index is 2.51. The number of hydrogen-bond acceptors (Lipinski definition) is 2. The first kappa shape index (κ1) is 16.0. The Bertz CT molecular complexity index is 371. The Morgan fingerprint density at radius 1 is 1.33 bits per heavy atom. The number of hydrogen-bond donors (Lipinski definition) is 1. The Morgan fingerprint density at radius 3 is 2.61 bits per heavy atom. The van der Waals surface area contributed by atoms with E-state index in [1.807, 2.05) is 24.9 Å². The average Bonchev–Trinajstić information content (AvgIpc) is 2.30. The lowest BCUT2D eigenvalue weighted by molar-refractivity contribution is 0.607. The number of likely N-dealkylation sites (N-methyl/N-ethyl adjacent to an activating group) is 1. The molecule has 1 aromatic carbocycles. The highest BCUT2D eigenvalue weighted by atomic mass is 79.9. The van der Waals surface area contributed by atoms with Crippen LogP contribution in [0.1, 0.15) is 19.4 Å². The maximum atomic E-state index is 13.0. The lowest BCUT2D eigenvalue weighted by atomic mass is 10.1. The van der Waals surface area contributed by atoms with Crippen LogP contribution in [0, 0.1) is 11.7 Å². The van der Waals surface area contributed by atoms with E-state index in [1.165, 1.54) is 17.9 Å². The fraction of sp³-hybridized carbons (Fsp3) is 0.571. The van der Waals surface area contributed by atoms with Gasteiger partial charge in [0.05, 0.1) is 0 Å². The molecule has 0 bridgehead atoms. The highest BCUT2D eigenvalue weighted by molar-refractivity contribution is 9.10. The molecule has 18 heavy (non-hydrogen) atoms. The Labute approximate surface area is 122 Å². The zero-order chi connectivity index (χ0) is 13.5. The molecule has 102 valence electrons. The van der Waals surface area contributed by atoms with Gasteiger partial charge in [-0.15, -0.1) is 0 Å². The minimum absolute atomic E-state index is 0.194. The van der Waals surface area contributed by atoms with E-state index in [0.717, 1.165) is 28.1 Å². The monoisotopic (exact) mass is 333 g/mol. The van der Waals surface area contributed by atoms with Gasteiger partial charge in [-0.05, 0) is 42.8 Å². The molecule has 1 nitrogen and oxygen atoms in total. The number of halogens is 2. The van der Waals surface area contributed by atoms with Gasteiger partial charge < -0.3 is 5.32 Å². The molecule has 0 amide bonds. The first-order valence-electron chi connectivity index (χ1n) is 6.22. The van der Waals surface area contributed by atoms with Gasteiger partial charge in [0.15, 0.2) is 0 Å². The van der Waals surface area contributed by atoms with Gasteiger partial charge in [0.1, 0.15) is 5.82 Å². The van der Waals surface area contributed by atoms with E-state index >= 15 is 0 Å². The van der Waals surface area contributed by atoms with Crippen LogP contribution in [0.2, 0.25) is 0 Å². The predicted octanol–water partition coefficient (Wildman–Crippen LogP) is 4.11. The molecule has 0 aromatic heterocycles. The summed E-state index contributed by atoms with van der Waals surface area (Å²) >= 11 is 5.39. The summed E-state index contributed by atoms with van der Waals surface area (Å²) in [5.41, 5.74) is 1.15. The molecule has 0 saturated carbocycles. The smallest absolute Gasteiger partial charge is 0.124 e. The van der Waals surface area contributed by atoms with Gasteiger partial charge in [-0.25, -0.2) is 4.39 Å². The minimum atomic E-state index is -0.194. The van der Waals surface area contributed by atoms with Crippen LogP contribution >= 0.6 is 27.7 Å². The molecule has 0 saturated heterocycles. The van der Waals surface area contributed by atoms with Crippen molar-refractivity contribution in [1.82, 2.24) is 5.32 Å². The molecule has 1 rings (SSSR count). The topological polar surface area (TPSA) is 12.0 Å². The van der Waals surface area contributed by atoms with E-state index in [4.69, 9.17) is 0 Å². The quantitative estimate of drug-likeness (QED) is 0.805. The molecule has 0 fully saturated rings. The number of rotatable bonds is 7. The van der Waals surface area contributed by atoms with Gasteiger partial charge in [-0.2, -0.15) is 11.8 Å². The summed E-state index contributed by atoms with van der Waals surface area (Å²) in [6.45, 7) is 4.47. The third-order valence-corrected chi connectivity index (χ3v) is 4.94. The van der Waals surface area contributed by atoms with Crippen LogP contribution in [0.25, 0.3) is 0 Å². The molecule has 0 aliphatic carbocycles. The highest BCUT2D eigenvalue weighted by Crippen LogP contribution is 2.20. The van der Waals surface area contributed by atoms with Crippen molar-refractivity contribution in [2.75, 3.05) is 18.6 Å². The molecule has 1 atom stereocenters. The predicted molar refractivity (Wildman–Crippen MR) is 82.8 cm³/mol. The third kappa shape index (κ3) is 5.72. The molecule has 0 heterocycles. The SMILES string of the molecule is CNC(CSCC(C)C)Cc1ccc(F)cc1Br. The second kappa shape index (κ2) is 8.18. The summed E-state index contributed by atoms with van der Waals surface area (Å²) in [4.78, 5) is 0. The largest absolute Gasteiger partial charge is 0.316 e. The fourth-order valence-electron chi connectivity index (χ4n) is 1.64. The van der Waals surface area contributed by atoms with E-state index in [9.17, 15) is 4.39 Å². The van der Waals surface area contributed by atoms with Crippen molar-refractivity contribution in [2.45, 2.75) is 26.3 Å². The summed E-state index contributed by atoms with van der Waals surface area (Å²) in [5, 5.41) is 3.33. The molecule has 0 aliphatic rings. The van der Waals surface area contributed by atoms with Gasteiger partial charge in [0, 0.05) is 16.3 Å². The first-order valence-corrected chi connectivity index (χ1v) is 8.16. The maximum Gasteiger partial charge on any atom is 0.124 e. The van der Waals surface area contributed by atoms with Crippen molar-refractivity contribution in [3.8, 4) is 0 Å². The summed E-state index contributed by atoms with van der Waals surface area (Å²) in [6.07, 6.45) is 0.919. The number of benzene rings is 1. The van der Waals surface area contributed by atoms with Crippen LogP contribution in [0.15, 0.2) is 22.7 Å². The van der Waals surface area contributed by atoms with Crippen molar-refractivity contribution < 1.29 is 4.39 Å². The average molecular weight is 334 g/mol. The fourth-order valence-corrected chi connectivity index (χ4v) is 3.33. The Morgan fingerprint density at radius 2 is 2.06 bits per heavy atom. The number of thioether (sulfide) groups is 1. The van der Waals surface area contributed by atoms with Crippen LogP contribution < -0.4 is 5.32 Å². The van der Waals surface area contributed by atoms with Crippen LogP contribution in [-0.4, -0.2) is 24.6 Å². The summed E-state index contributed by atoms with van der Waals surface area (Å²) in [6, 6.07) is 5.34. The van der Waals surface area contributed by atoms with Crippen molar-refractivity contribution in [2.24, 2.45) is 5.92 Å². The maximum absolute atomic E-state index is 13.0. The standard InChI is InChI=1S/C14H21BrFNS/c1-10(2)8-18-9-13(17-3)6-11-4-5-12(16)7-14(11)15/h4-5,7,10,13,17H,6,8-9H2,1-3H3. The molecule has 1 unspecified atom stereocenters. The molecule has 0 aliphatic heterocycles. The summed E-state index contributed by atoms with van der Waals surface area (Å²) in [7, 11) is 1.98. The van der Waals surface area contributed by atoms with Gasteiger partial charge in [-0.3, -0.25) is 0 Å². The molecule has 0 spiro atoms. The molecule has 1 aromatic rings. The van der Waals surface area contributed by atoms with E-state index in [1.54, 1.807) is 0 Å². The second-order valence-electron chi connectivity index (χ2n) is 4.86. The molecular formula is C14H21BrFNS. The Kier molecular flexibility index (Phi) is 7.27. The van der Waals surface area contributed by atoms with Crippen molar-refractivity contribution in [3.63, 3.8) is 0 Å². The molecule has 0 radical (unpaired) electrons. The van der Waals surface area contributed by atoms with Gasteiger partial charge in [0.2, 0.25) is 0 Å². The lowest BCUT2D eigenvalue weighted by Crippen LogP contribution is -2.30. The van der Waals surface area contributed by atoms with Crippen LogP contribution in [0.3, 0.4) is 0 Å². The van der Waals surface area contributed by atoms with E-state index in [2.05, 4.69) is 35.1 Å². The van der Waals surface area contributed by atoms with E-state index in [0.29, 0.717) is 6.04 Å². The zero-order valence-corrected chi connectivity index (χ0v) is 13.6. The second-order valence-corrected chi connectivity index (χ2v) is 6.79. The lowest BCUT2D eigenvalue weighted by Gasteiger charge is -2.17. The van der Waals surface area contributed by atoms with E-state index < -0.39 is 0 Å². The van der Waals surface area contributed by atoms with Crippen molar-refractivity contribution in [3.05, 3.63) is 34.1 Å². The van der Waals surface area contributed by atoms with Gasteiger partial charge >= 0.3 is 0 Å². The van der Waals surface area contributed by atoms with Crippen LogP contribution in [-0.2, 0) is 6.42 Å². The van der Waals surface area contributed by atoms with E-state index in [-0.39, 0.29) is 5.82 Å². The minimum Gasteiger partial charge on any atom is -0.316 e. The van der Waals surface area contributed by atoms with Crippen molar-refractivity contribution in [1.29, 1.82) is 0 Å². The Hall–Kier alpha value is -0.0600. The zero-order valence-electron chi connectivity index (χ0n) is 11.2. The molecular weight excluding hydrogens is 313 g/mol. The van der Waals surface area contributed by atoms with Crippen LogP contribution in [0.4, 0.5) is 4.39 Å². The third-order valence-electron chi connectivity index (χ3n) is 2.66. The molecule has 4 heteroatoms. The summed E-state index contributed by atoms with van der Waals surface area (Å²) < 4.78 is 13.9. The van der Waals surface area contributed by atoms with Gasteiger partial charge in [-0.1, -0.05) is 35.8 Å². The molecule has 1 N–H and O–H groups in total. The highest BCUT2D eigenvalue weighted by Gasteiger charge is 2.10. The van der Waals surface area contributed by atoms with Crippen molar-refractivity contribution >= 4 is 27.7 Å². The normalized spacial score (nSPS) is 13.0.